The van der Waals surface area contributed by atoms with Crippen molar-refractivity contribution in [2.45, 2.75) is 19.6 Å². The van der Waals surface area contributed by atoms with E-state index in [9.17, 15) is 22.8 Å². The van der Waals surface area contributed by atoms with Crippen LogP contribution < -0.4 is 10.5 Å². The first-order chi connectivity index (χ1) is 19.1. The normalized spacial score (nSPS) is 11.5. The maximum Gasteiger partial charge on any atom is 0.433 e. The number of carbonyl (C=O) groups excluding carboxylic acids is 2. The third-order valence-electron chi connectivity index (χ3n) is 6.25. The van der Waals surface area contributed by atoms with E-state index in [1.807, 2.05) is 6.92 Å². The van der Waals surface area contributed by atoms with Crippen molar-refractivity contribution in [1.82, 2.24) is 24.8 Å². The van der Waals surface area contributed by atoms with Crippen LogP contribution in [0.2, 0.25) is 0 Å². The van der Waals surface area contributed by atoms with E-state index in [0.29, 0.717) is 17.8 Å². The average Bonchev–Trinajstić information content (AvgIpc) is 3.40. The van der Waals surface area contributed by atoms with Gasteiger partial charge in [-0.15, -0.1) is 0 Å². The Kier molecular flexibility index (Phi) is 8.33. The minimum Gasteiger partial charge on any atom is -0.494 e. The second-order valence-electron chi connectivity index (χ2n) is 8.73. The van der Waals surface area contributed by atoms with Gasteiger partial charge in [-0.25, -0.2) is 9.97 Å². The molecule has 4 aromatic rings. The number of oxazole rings is 1. The number of benzene rings is 1. The highest BCUT2D eigenvalue weighted by Gasteiger charge is 2.33. The summed E-state index contributed by atoms with van der Waals surface area (Å²) < 4.78 is 50.9. The Morgan fingerprint density at radius 3 is 2.45 bits per heavy atom. The maximum atomic E-state index is 13.3. The quantitative estimate of drug-likeness (QED) is 0.328. The van der Waals surface area contributed by atoms with Gasteiger partial charge < -0.3 is 24.7 Å². The van der Waals surface area contributed by atoms with Gasteiger partial charge in [0.15, 0.2) is 11.5 Å². The van der Waals surface area contributed by atoms with Crippen LogP contribution in [0.1, 0.15) is 39.4 Å². The van der Waals surface area contributed by atoms with Crippen LogP contribution in [0.25, 0.3) is 22.4 Å². The largest absolute Gasteiger partial charge is 0.494 e. The molecule has 4 rings (SSSR count). The minimum absolute atomic E-state index is 0.00748. The number of nitrogens with zero attached hydrogens (tertiary/aromatic N) is 5. The summed E-state index contributed by atoms with van der Waals surface area (Å²) in [7, 11) is 2.88. The predicted octanol–water partition coefficient (Wildman–Crippen LogP) is 4.01. The van der Waals surface area contributed by atoms with Gasteiger partial charge in [0, 0.05) is 43.8 Å². The fourth-order valence-corrected chi connectivity index (χ4v) is 4.08. The molecule has 0 saturated heterocycles. The van der Waals surface area contributed by atoms with Crippen LogP contribution in [0, 0.1) is 0 Å². The van der Waals surface area contributed by atoms with Crippen molar-refractivity contribution in [1.29, 1.82) is 0 Å². The molecule has 0 atom stereocenters. The summed E-state index contributed by atoms with van der Waals surface area (Å²) in [5.41, 5.74) is 5.29. The predicted molar refractivity (Wildman–Crippen MR) is 139 cm³/mol. The first kappa shape index (κ1) is 28.5. The number of rotatable bonds is 9. The van der Waals surface area contributed by atoms with Crippen LogP contribution in [-0.4, -0.2) is 70.4 Å². The summed E-state index contributed by atoms with van der Waals surface area (Å²) in [6, 6.07) is 10.2. The number of amides is 2. The summed E-state index contributed by atoms with van der Waals surface area (Å²) >= 11 is 0. The topological polar surface area (TPSA) is 128 Å². The van der Waals surface area contributed by atoms with Crippen molar-refractivity contribution < 1.29 is 31.9 Å². The van der Waals surface area contributed by atoms with E-state index in [4.69, 9.17) is 14.9 Å². The number of carbonyl (C=O) groups is 2. The molecular weight excluding hydrogens is 529 g/mol. The van der Waals surface area contributed by atoms with E-state index < -0.39 is 17.8 Å². The molecule has 3 aromatic heterocycles. The van der Waals surface area contributed by atoms with Crippen LogP contribution in [0.15, 0.2) is 53.1 Å². The Hall–Kier alpha value is -4.52. The van der Waals surface area contributed by atoms with Crippen molar-refractivity contribution in [2.75, 3.05) is 33.8 Å². The average molecular weight is 557 g/mol. The Morgan fingerprint density at radius 2 is 1.82 bits per heavy atom. The number of pyridine rings is 2. The van der Waals surface area contributed by atoms with Gasteiger partial charge in [0.2, 0.25) is 5.89 Å². The van der Waals surface area contributed by atoms with Crippen LogP contribution >= 0.6 is 0 Å². The SMILES string of the molecule is CCN(CCN(C)C(=O)c1nc(-c2ccc(OC)c3nc(C(F)(F)F)ccc23)oc1CN)C(=O)c1ccccn1. The molecule has 10 nitrogen and oxygen atoms in total. The number of hydrogen-bond donors (Lipinski definition) is 1. The molecule has 0 saturated carbocycles. The fourth-order valence-electron chi connectivity index (χ4n) is 4.08. The standard InChI is InChI=1S/C27H27F3N6O4/c1-4-36(25(37)18-7-5-6-12-32-18)14-13-35(2)26(38)23-20(15-31)40-24(34-23)17-8-10-19(39-3)22-16(17)9-11-21(33-22)27(28,29)30/h5-12H,4,13-15,31H2,1-3H3. The van der Waals surface area contributed by atoms with Crippen molar-refractivity contribution in [2.24, 2.45) is 5.73 Å². The number of nitrogens with two attached hydrogens (primary N) is 1. The van der Waals surface area contributed by atoms with E-state index in [1.165, 1.54) is 30.3 Å². The monoisotopic (exact) mass is 556 g/mol. The van der Waals surface area contributed by atoms with Gasteiger partial charge in [-0.2, -0.15) is 13.2 Å². The van der Waals surface area contributed by atoms with Crippen molar-refractivity contribution in [3.63, 3.8) is 0 Å². The summed E-state index contributed by atoms with van der Waals surface area (Å²) in [5.74, 6) is -0.525. The summed E-state index contributed by atoms with van der Waals surface area (Å²) in [6.07, 6.45) is -3.12. The zero-order valence-electron chi connectivity index (χ0n) is 22.0. The molecular formula is C27H27F3N6O4. The molecule has 2 amide bonds. The Balaban J connectivity index is 1.60. The lowest BCUT2D eigenvalue weighted by atomic mass is 10.1. The summed E-state index contributed by atoms with van der Waals surface area (Å²) in [4.78, 5) is 41.2. The fraction of sp³-hybridized carbons (Fsp3) is 0.296. The minimum atomic E-state index is -4.65. The van der Waals surface area contributed by atoms with E-state index in [1.54, 1.807) is 36.2 Å². The number of methoxy groups -OCH3 is 1. The van der Waals surface area contributed by atoms with Crippen molar-refractivity contribution in [3.8, 4) is 17.2 Å². The van der Waals surface area contributed by atoms with Crippen LogP contribution in [-0.2, 0) is 12.7 Å². The highest BCUT2D eigenvalue weighted by Crippen LogP contribution is 2.37. The number of likely N-dealkylation sites (N-methyl/N-ethyl adjacent to an activating group) is 2. The highest BCUT2D eigenvalue weighted by atomic mass is 19.4. The van der Waals surface area contributed by atoms with E-state index in [-0.39, 0.29) is 59.5 Å². The summed E-state index contributed by atoms with van der Waals surface area (Å²) in [6.45, 7) is 2.52. The van der Waals surface area contributed by atoms with Crippen LogP contribution in [0.5, 0.6) is 5.75 Å². The Bertz CT molecular complexity index is 1520. The van der Waals surface area contributed by atoms with Crippen LogP contribution in [0.3, 0.4) is 0 Å². The number of hydrogen-bond acceptors (Lipinski definition) is 8. The third-order valence-corrected chi connectivity index (χ3v) is 6.25. The first-order valence-corrected chi connectivity index (χ1v) is 12.3. The number of alkyl halides is 3. The van der Waals surface area contributed by atoms with E-state index in [0.717, 1.165) is 6.07 Å². The number of fused-ring (bicyclic) bond motifs is 1. The molecule has 0 bridgehead atoms. The van der Waals surface area contributed by atoms with Crippen LogP contribution in [0.4, 0.5) is 13.2 Å². The number of ether oxygens (including phenoxy) is 1. The molecule has 40 heavy (non-hydrogen) atoms. The van der Waals surface area contributed by atoms with E-state index >= 15 is 0 Å². The number of aromatic nitrogens is 3. The Labute approximate surface area is 227 Å². The second-order valence-corrected chi connectivity index (χ2v) is 8.73. The Morgan fingerprint density at radius 1 is 1.05 bits per heavy atom. The molecule has 0 aliphatic rings. The highest BCUT2D eigenvalue weighted by molar-refractivity contribution is 5.98. The maximum absolute atomic E-state index is 13.3. The zero-order chi connectivity index (χ0) is 29.0. The van der Waals surface area contributed by atoms with Crippen molar-refractivity contribution >= 4 is 22.7 Å². The van der Waals surface area contributed by atoms with Gasteiger partial charge in [-0.1, -0.05) is 6.07 Å². The lowest BCUT2D eigenvalue weighted by Crippen LogP contribution is -2.40. The molecule has 0 radical (unpaired) electrons. The van der Waals surface area contributed by atoms with E-state index in [2.05, 4.69) is 15.0 Å². The van der Waals surface area contributed by atoms with Crippen molar-refractivity contribution in [3.05, 3.63) is 71.5 Å². The molecule has 3 heterocycles. The van der Waals surface area contributed by atoms with Gasteiger partial charge in [0.25, 0.3) is 11.8 Å². The molecule has 0 fully saturated rings. The smallest absolute Gasteiger partial charge is 0.433 e. The first-order valence-electron chi connectivity index (χ1n) is 12.3. The van der Waals surface area contributed by atoms with Gasteiger partial charge in [0.1, 0.15) is 22.7 Å². The molecule has 0 unspecified atom stereocenters. The molecule has 2 N–H and O–H groups in total. The summed E-state index contributed by atoms with van der Waals surface area (Å²) in [5, 5.41) is 0.288. The lowest BCUT2D eigenvalue weighted by molar-refractivity contribution is -0.140. The molecule has 0 aliphatic heterocycles. The van der Waals surface area contributed by atoms with Gasteiger partial charge in [0.05, 0.1) is 13.7 Å². The molecule has 0 aliphatic carbocycles. The molecule has 0 spiro atoms. The van der Waals surface area contributed by atoms with Gasteiger partial charge >= 0.3 is 6.18 Å². The number of halogens is 3. The molecule has 1 aromatic carbocycles. The molecule has 13 heteroatoms. The third kappa shape index (κ3) is 5.73. The lowest BCUT2D eigenvalue weighted by Gasteiger charge is -2.24. The zero-order valence-corrected chi connectivity index (χ0v) is 22.0. The van der Waals surface area contributed by atoms with Gasteiger partial charge in [-0.05, 0) is 43.3 Å². The van der Waals surface area contributed by atoms with Gasteiger partial charge in [-0.3, -0.25) is 14.6 Å². The second kappa shape index (κ2) is 11.7. The molecule has 210 valence electrons.